The minimum Gasteiger partial charge on any atom is -0.497 e. The molecule has 0 atom stereocenters. The van der Waals surface area contributed by atoms with Gasteiger partial charge in [0.25, 0.3) is 0 Å². The van der Waals surface area contributed by atoms with Gasteiger partial charge in [-0.05, 0) is 18.2 Å². The van der Waals surface area contributed by atoms with Crippen LogP contribution in [0, 0.1) is 0 Å². The van der Waals surface area contributed by atoms with Crippen LogP contribution >= 0.6 is 23.4 Å². The van der Waals surface area contributed by atoms with Crippen molar-refractivity contribution < 1.29 is 9.47 Å². The van der Waals surface area contributed by atoms with Crippen molar-refractivity contribution in [1.29, 1.82) is 0 Å². The molecule has 0 unspecified atom stereocenters. The highest BCUT2D eigenvalue weighted by molar-refractivity contribution is 7.99. The van der Waals surface area contributed by atoms with E-state index < -0.39 is 0 Å². The predicted molar refractivity (Wildman–Crippen MR) is 136 cm³/mol. The van der Waals surface area contributed by atoms with E-state index in [2.05, 4.69) is 30.7 Å². The summed E-state index contributed by atoms with van der Waals surface area (Å²) in [5.74, 6) is 2.25. The molecule has 0 radical (unpaired) electrons. The third-order valence-corrected chi connectivity index (χ3v) is 6.61. The zero-order valence-corrected chi connectivity index (χ0v) is 20.6. The Labute approximate surface area is 210 Å². The van der Waals surface area contributed by atoms with Crippen molar-refractivity contribution in [2.24, 2.45) is 7.05 Å². The first-order valence-corrected chi connectivity index (χ1v) is 11.6. The number of rotatable bonds is 8. The maximum absolute atomic E-state index is 6.54. The van der Waals surface area contributed by atoms with E-state index in [1.54, 1.807) is 43.4 Å². The SMILES string of the molecule is COc1cc(Nc2nc3c(Nc4ccc(Sc5nccn5C)c(Cl)c4)nccn3n2)cc(OC)c1. The number of benzene rings is 2. The highest BCUT2D eigenvalue weighted by Crippen LogP contribution is 2.35. The van der Waals surface area contributed by atoms with Gasteiger partial charge < -0.3 is 24.7 Å². The van der Waals surface area contributed by atoms with Crippen molar-refractivity contribution in [3.05, 3.63) is 66.2 Å². The Morgan fingerprint density at radius 1 is 0.914 bits per heavy atom. The lowest BCUT2D eigenvalue weighted by Crippen LogP contribution is -1.98. The van der Waals surface area contributed by atoms with Crippen molar-refractivity contribution in [1.82, 2.24) is 29.1 Å². The molecule has 0 spiro atoms. The first kappa shape index (κ1) is 22.8. The van der Waals surface area contributed by atoms with Crippen molar-refractivity contribution >= 4 is 52.2 Å². The Morgan fingerprint density at radius 2 is 1.69 bits per heavy atom. The Bertz CT molecular complexity index is 1480. The molecule has 10 nitrogen and oxygen atoms in total. The fourth-order valence-electron chi connectivity index (χ4n) is 3.31. The Morgan fingerprint density at radius 3 is 2.37 bits per heavy atom. The number of nitrogens with one attached hydrogen (secondary N) is 2. The largest absolute Gasteiger partial charge is 0.497 e. The molecule has 2 aromatic carbocycles. The van der Waals surface area contributed by atoms with E-state index in [0.717, 1.165) is 21.4 Å². The smallest absolute Gasteiger partial charge is 0.247 e. The standard InChI is InChI=1S/C23H21ClN8O2S/c1-31-8-6-26-23(31)35-19-5-4-14(12-18(19)24)27-20-21-29-22(30-32(21)9-7-25-20)28-15-10-16(33-2)13-17(11-15)34-3/h4-13H,1-3H3,(H,25,27)(H,28,30). The molecule has 0 saturated heterocycles. The number of halogens is 1. The van der Waals surface area contributed by atoms with Gasteiger partial charge in [0.1, 0.15) is 11.5 Å². The fraction of sp³-hybridized carbons (Fsp3) is 0.130. The molecule has 2 N–H and O–H groups in total. The maximum atomic E-state index is 6.54. The molecule has 3 heterocycles. The Hall–Kier alpha value is -3.96. The molecule has 0 aliphatic carbocycles. The average Bonchev–Trinajstić information content (AvgIpc) is 3.46. The number of imidazole rings is 1. The first-order chi connectivity index (χ1) is 17.0. The summed E-state index contributed by atoms with van der Waals surface area (Å²) < 4.78 is 14.2. The van der Waals surface area contributed by atoms with E-state index in [4.69, 9.17) is 21.1 Å². The van der Waals surface area contributed by atoms with Crippen LogP contribution in [0.1, 0.15) is 0 Å². The van der Waals surface area contributed by atoms with E-state index in [0.29, 0.717) is 33.9 Å². The second kappa shape index (κ2) is 9.72. The third kappa shape index (κ3) is 4.96. The lowest BCUT2D eigenvalue weighted by molar-refractivity contribution is 0.395. The summed E-state index contributed by atoms with van der Waals surface area (Å²) in [6, 6.07) is 11.2. The van der Waals surface area contributed by atoms with Gasteiger partial charge in [0, 0.05) is 66.3 Å². The van der Waals surface area contributed by atoms with E-state index >= 15 is 0 Å². The summed E-state index contributed by atoms with van der Waals surface area (Å²) in [5, 5.41) is 12.4. The summed E-state index contributed by atoms with van der Waals surface area (Å²) in [6.45, 7) is 0. The number of anilines is 4. The van der Waals surface area contributed by atoms with Gasteiger partial charge in [-0.1, -0.05) is 23.4 Å². The van der Waals surface area contributed by atoms with Gasteiger partial charge >= 0.3 is 0 Å². The highest BCUT2D eigenvalue weighted by Gasteiger charge is 2.13. The van der Waals surface area contributed by atoms with Crippen LogP contribution in [0.4, 0.5) is 23.1 Å². The maximum Gasteiger partial charge on any atom is 0.247 e. The average molecular weight is 509 g/mol. The number of hydrogen-bond acceptors (Lipinski definition) is 9. The molecule has 0 amide bonds. The van der Waals surface area contributed by atoms with Gasteiger partial charge in [0.05, 0.1) is 19.2 Å². The molecule has 0 aliphatic rings. The van der Waals surface area contributed by atoms with Gasteiger partial charge in [-0.3, -0.25) is 0 Å². The van der Waals surface area contributed by atoms with Crippen LogP contribution in [0.5, 0.6) is 11.5 Å². The molecule has 35 heavy (non-hydrogen) atoms. The second-order valence-corrected chi connectivity index (χ2v) is 8.82. The summed E-state index contributed by atoms with van der Waals surface area (Å²) in [4.78, 5) is 14.3. The number of aryl methyl sites for hydroxylation is 1. The monoisotopic (exact) mass is 508 g/mol. The summed E-state index contributed by atoms with van der Waals surface area (Å²) >= 11 is 8.04. The lowest BCUT2D eigenvalue weighted by atomic mass is 10.3. The molecule has 5 aromatic rings. The van der Waals surface area contributed by atoms with Crippen LogP contribution in [-0.4, -0.2) is 43.4 Å². The van der Waals surface area contributed by atoms with Gasteiger partial charge in [0.15, 0.2) is 11.0 Å². The molecule has 0 saturated carbocycles. The zero-order chi connectivity index (χ0) is 24.4. The second-order valence-electron chi connectivity index (χ2n) is 7.40. The summed E-state index contributed by atoms with van der Waals surface area (Å²) in [6.07, 6.45) is 7.02. The van der Waals surface area contributed by atoms with Crippen LogP contribution in [0.25, 0.3) is 5.65 Å². The van der Waals surface area contributed by atoms with Gasteiger partial charge in [-0.2, -0.15) is 4.98 Å². The van der Waals surface area contributed by atoms with E-state index in [1.165, 1.54) is 11.8 Å². The van der Waals surface area contributed by atoms with Crippen molar-refractivity contribution in [2.45, 2.75) is 10.1 Å². The summed E-state index contributed by atoms with van der Waals surface area (Å²) in [5.41, 5.74) is 2.05. The fourth-order valence-corrected chi connectivity index (χ4v) is 4.42. The molecule has 0 fully saturated rings. The summed E-state index contributed by atoms with van der Waals surface area (Å²) in [7, 11) is 5.14. The zero-order valence-electron chi connectivity index (χ0n) is 19.1. The number of ether oxygens (including phenoxy) is 2. The molecule has 5 rings (SSSR count). The van der Waals surface area contributed by atoms with Gasteiger partial charge in [-0.15, -0.1) is 5.10 Å². The molecule has 178 valence electrons. The molecular formula is C23H21ClN8O2S. The number of aromatic nitrogens is 6. The Kier molecular flexibility index (Phi) is 6.34. The van der Waals surface area contributed by atoms with E-state index in [9.17, 15) is 0 Å². The third-order valence-electron chi connectivity index (χ3n) is 5.03. The first-order valence-electron chi connectivity index (χ1n) is 10.5. The molecule has 0 bridgehead atoms. The molecule has 0 aliphatic heterocycles. The van der Waals surface area contributed by atoms with Crippen LogP contribution in [-0.2, 0) is 7.05 Å². The number of hydrogen-bond donors (Lipinski definition) is 2. The number of nitrogens with zero attached hydrogens (tertiary/aromatic N) is 6. The highest BCUT2D eigenvalue weighted by atomic mass is 35.5. The van der Waals surface area contributed by atoms with Crippen LogP contribution in [0.3, 0.4) is 0 Å². The molecule has 12 heteroatoms. The van der Waals surface area contributed by atoms with Crippen LogP contribution in [0.15, 0.2) is 71.2 Å². The number of fused-ring (bicyclic) bond motifs is 1. The Balaban J connectivity index is 1.38. The molecule has 3 aromatic heterocycles. The van der Waals surface area contributed by atoms with Crippen molar-refractivity contribution in [3.63, 3.8) is 0 Å². The normalized spacial score (nSPS) is 11.0. The number of methoxy groups -OCH3 is 2. The van der Waals surface area contributed by atoms with Crippen LogP contribution < -0.4 is 20.1 Å². The predicted octanol–water partition coefficient (Wildman–Crippen LogP) is 5.17. The minimum absolute atomic E-state index is 0.399. The minimum atomic E-state index is 0.399. The van der Waals surface area contributed by atoms with Gasteiger partial charge in [-0.25, -0.2) is 14.5 Å². The van der Waals surface area contributed by atoms with Crippen LogP contribution in [0.2, 0.25) is 5.02 Å². The van der Waals surface area contributed by atoms with Crippen molar-refractivity contribution in [3.8, 4) is 11.5 Å². The van der Waals surface area contributed by atoms with E-state index in [-0.39, 0.29) is 0 Å². The lowest BCUT2D eigenvalue weighted by Gasteiger charge is -2.09. The van der Waals surface area contributed by atoms with Gasteiger partial charge in [0.2, 0.25) is 11.6 Å². The quantitative estimate of drug-likeness (QED) is 0.294. The topological polar surface area (TPSA) is 103 Å². The van der Waals surface area contributed by atoms with E-state index in [1.807, 2.05) is 48.1 Å². The molecular weight excluding hydrogens is 488 g/mol. The van der Waals surface area contributed by atoms with Crippen molar-refractivity contribution in [2.75, 3.05) is 24.9 Å².